The number of hydrogen-bond donors (Lipinski definition) is 3. The number of carboxylic acids is 1. The summed E-state index contributed by atoms with van der Waals surface area (Å²) in [6, 6.07) is 49.2. The maximum atomic E-state index is 11.6. The predicted molar refractivity (Wildman–Crippen MR) is 377 cm³/mol. The smallest absolute Gasteiger partial charge is 0.335 e. The van der Waals surface area contributed by atoms with Gasteiger partial charge in [-0.05, 0) is 178 Å². The molecule has 0 saturated heterocycles. The average molecular weight is 1170 g/mol. The summed E-state index contributed by atoms with van der Waals surface area (Å²) in [6.45, 7) is 41.3. The van der Waals surface area contributed by atoms with E-state index in [0.717, 1.165) is 111 Å². The molecule has 0 radical (unpaired) electrons. The Balaban J connectivity index is 1.28. The van der Waals surface area contributed by atoms with Crippen molar-refractivity contribution in [2.45, 2.75) is 157 Å². The SMILES string of the molecule is CC(C)(C)c1cc(-c2c3nc(c(-c4cc(C(C)(C)C)cc(C(C)(C)C)c4)c4ccc([nH]4)c(-c4cc(C(C)(C)C)cc(C(C)(C)C)c4)c4nc(c(C#Cc5ccc(C#Cc6ccc(C(=O)O)cc6)c6ccccc56)c5ccc2[nH]5)C=C4)C=C3)cc(C(C)(C)C)c1. The van der Waals surface area contributed by atoms with Crippen LogP contribution in [-0.2, 0) is 32.5 Å². The highest BCUT2D eigenvalue weighted by molar-refractivity contribution is 5.99. The van der Waals surface area contributed by atoms with Gasteiger partial charge in [0.15, 0.2) is 0 Å². The Morgan fingerprint density at radius 1 is 0.360 bits per heavy atom. The summed E-state index contributed by atoms with van der Waals surface area (Å²) in [5.41, 5.74) is 23.3. The Morgan fingerprint density at radius 2 is 0.674 bits per heavy atom. The van der Waals surface area contributed by atoms with Gasteiger partial charge in [-0.15, -0.1) is 0 Å². The molecule has 6 nitrogen and oxygen atoms in total. The lowest BCUT2D eigenvalue weighted by molar-refractivity contribution is 0.0696. The standard InChI is InChI=1S/C83H84N4O2/c1-78(2,3)57-41-54(42-58(47-57)79(4,5)6)74-68-35-33-66(84-68)65(32-31-52-30-29-51(63-21-19-20-22-64(52)63)26-23-50-24-27-53(28-25-50)77(88)89)67-34-36-69(85-67)75(55-43-59(80(7,8)9)48-60(44-55)81(10,11)12)71-38-40-73(87-71)76(72-39-37-70(74)86-72)56-45-61(82(13,14)15)49-62(46-56)83(16,17)18/h19-22,24-25,27-30,33-49,84,87H,1-18H3,(H,88,89). The maximum absolute atomic E-state index is 11.6. The van der Waals surface area contributed by atoms with Crippen molar-refractivity contribution in [1.82, 2.24) is 19.9 Å². The molecule has 2 aliphatic rings. The minimum Gasteiger partial charge on any atom is -0.478 e. The summed E-state index contributed by atoms with van der Waals surface area (Å²) in [5, 5.41) is 11.4. The second kappa shape index (κ2) is 22.4. The average Bonchev–Trinajstić information content (AvgIpc) is 1.80. The molecule has 5 heterocycles. The maximum Gasteiger partial charge on any atom is 0.335 e. The van der Waals surface area contributed by atoms with Crippen LogP contribution in [0.2, 0.25) is 0 Å². The molecule has 11 rings (SSSR count). The minimum absolute atomic E-state index is 0.129. The van der Waals surface area contributed by atoms with Crippen LogP contribution < -0.4 is 0 Å². The number of fused-ring (bicyclic) bond motifs is 9. The van der Waals surface area contributed by atoms with Gasteiger partial charge >= 0.3 is 5.97 Å². The van der Waals surface area contributed by atoms with E-state index < -0.39 is 5.97 Å². The Bertz CT molecular complexity index is 4560. The zero-order valence-corrected chi connectivity index (χ0v) is 55.3. The van der Waals surface area contributed by atoms with Crippen LogP contribution in [0.15, 0.2) is 140 Å². The number of carbonyl (C=O) groups is 1. The van der Waals surface area contributed by atoms with Gasteiger partial charge in [-0.3, -0.25) is 0 Å². The number of carboxylic acid groups (broad SMARTS) is 1. The van der Waals surface area contributed by atoms with Gasteiger partial charge in [-0.25, -0.2) is 14.8 Å². The largest absolute Gasteiger partial charge is 0.478 e. The number of nitrogens with zero attached hydrogens (tertiary/aromatic N) is 2. The van der Waals surface area contributed by atoms with Crippen molar-refractivity contribution >= 4 is 63.1 Å². The summed E-state index contributed by atoms with van der Waals surface area (Å²) in [6.07, 6.45) is 8.71. The number of aromatic amines is 2. The van der Waals surface area contributed by atoms with Crippen LogP contribution in [0.4, 0.5) is 0 Å². The van der Waals surface area contributed by atoms with E-state index in [9.17, 15) is 9.90 Å². The number of H-pyrrole nitrogens is 2. The molecule has 89 heavy (non-hydrogen) atoms. The highest BCUT2D eigenvalue weighted by Crippen LogP contribution is 2.43. The third kappa shape index (κ3) is 12.8. The van der Waals surface area contributed by atoms with E-state index in [1.807, 2.05) is 24.3 Å². The molecule has 8 bridgehead atoms. The topological polar surface area (TPSA) is 94.7 Å². The zero-order chi connectivity index (χ0) is 63.9. The molecule has 3 aromatic heterocycles. The first kappa shape index (κ1) is 61.4. The van der Waals surface area contributed by atoms with Gasteiger partial charge in [0.05, 0.1) is 39.4 Å². The molecular formula is C83H84N4O2. The van der Waals surface area contributed by atoms with E-state index in [1.165, 1.54) is 33.4 Å². The number of nitrogens with one attached hydrogen (secondary N) is 2. The summed E-state index contributed by atoms with van der Waals surface area (Å²) in [4.78, 5) is 31.2. The molecule has 0 fully saturated rings. The van der Waals surface area contributed by atoms with Crippen molar-refractivity contribution < 1.29 is 9.90 Å². The minimum atomic E-state index is -0.969. The molecule has 448 valence electrons. The van der Waals surface area contributed by atoms with Crippen molar-refractivity contribution in [3.8, 4) is 57.1 Å². The van der Waals surface area contributed by atoms with Gasteiger partial charge in [0.2, 0.25) is 0 Å². The normalized spacial score (nSPS) is 12.9. The van der Waals surface area contributed by atoms with E-state index in [2.05, 4.69) is 274 Å². The van der Waals surface area contributed by atoms with Gasteiger partial charge in [0.25, 0.3) is 0 Å². The van der Waals surface area contributed by atoms with Crippen LogP contribution in [-0.4, -0.2) is 31.0 Å². The number of aromatic carboxylic acids is 1. The molecule has 9 aromatic rings. The van der Waals surface area contributed by atoms with Gasteiger partial charge in [-0.2, -0.15) is 0 Å². The zero-order valence-electron chi connectivity index (χ0n) is 55.3. The molecular weight excluding hydrogens is 1080 g/mol. The number of hydrogen-bond acceptors (Lipinski definition) is 3. The Hall–Kier alpha value is -9.23. The summed E-state index contributed by atoms with van der Waals surface area (Å²) >= 11 is 0. The first-order valence-corrected chi connectivity index (χ1v) is 31.2. The van der Waals surface area contributed by atoms with Crippen molar-refractivity contribution in [2.24, 2.45) is 0 Å². The molecule has 0 amide bonds. The Kier molecular flexibility index (Phi) is 15.5. The molecule has 0 spiro atoms. The highest BCUT2D eigenvalue weighted by atomic mass is 16.4. The second-order valence-corrected chi connectivity index (χ2v) is 30.5. The number of benzene rings is 6. The molecule has 6 aromatic carbocycles. The lowest BCUT2D eigenvalue weighted by Crippen LogP contribution is -2.16. The van der Waals surface area contributed by atoms with Crippen LogP contribution in [0.25, 0.3) is 90.5 Å². The van der Waals surface area contributed by atoms with Crippen molar-refractivity contribution in [3.05, 3.63) is 224 Å². The molecule has 6 heteroatoms. The van der Waals surface area contributed by atoms with E-state index in [0.29, 0.717) is 0 Å². The van der Waals surface area contributed by atoms with E-state index in [1.54, 1.807) is 24.3 Å². The van der Waals surface area contributed by atoms with Gasteiger partial charge in [-0.1, -0.05) is 227 Å². The number of rotatable bonds is 4. The quantitative estimate of drug-likeness (QED) is 0.153. The molecule has 2 aliphatic heterocycles. The van der Waals surface area contributed by atoms with Gasteiger partial charge in [0, 0.05) is 49.9 Å². The third-order valence-corrected chi connectivity index (χ3v) is 17.3. The monoisotopic (exact) mass is 1170 g/mol. The highest BCUT2D eigenvalue weighted by Gasteiger charge is 2.28. The fraction of sp³-hybridized carbons (Fsp3) is 0.289. The third-order valence-electron chi connectivity index (χ3n) is 17.3. The Morgan fingerprint density at radius 3 is 1.02 bits per heavy atom. The van der Waals surface area contributed by atoms with Crippen molar-refractivity contribution in [2.75, 3.05) is 0 Å². The first-order valence-electron chi connectivity index (χ1n) is 31.2. The van der Waals surface area contributed by atoms with E-state index >= 15 is 0 Å². The fourth-order valence-electron chi connectivity index (χ4n) is 11.6. The lowest BCUT2D eigenvalue weighted by atomic mass is 9.78. The molecule has 0 atom stereocenters. The van der Waals surface area contributed by atoms with Crippen LogP contribution >= 0.6 is 0 Å². The molecule has 0 unspecified atom stereocenters. The van der Waals surface area contributed by atoms with Crippen molar-refractivity contribution in [3.63, 3.8) is 0 Å². The van der Waals surface area contributed by atoms with Crippen LogP contribution in [0, 0.1) is 23.7 Å². The van der Waals surface area contributed by atoms with E-state index in [4.69, 9.17) is 9.97 Å². The number of aromatic nitrogens is 4. The molecule has 0 aliphatic carbocycles. The Labute approximate surface area is 527 Å². The van der Waals surface area contributed by atoms with Crippen molar-refractivity contribution in [1.29, 1.82) is 0 Å². The summed E-state index contributed by atoms with van der Waals surface area (Å²) in [7, 11) is 0. The summed E-state index contributed by atoms with van der Waals surface area (Å²) in [5.74, 6) is 13.1. The lowest BCUT2D eigenvalue weighted by Gasteiger charge is -2.26. The molecule has 3 N–H and O–H groups in total. The van der Waals surface area contributed by atoms with Gasteiger partial charge in [0.1, 0.15) is 0 Å². The van der Waals surface area contributed by atoms with Crippen LogP contribution in [0.3, 0.4) is 0 Å². The fourth-order valence-corrected chi connectivity index (χ4v) is 11.6. The first-order chi connectivity index (χ1) is 41.7. The second-order valence-electron chi connectivity index (χ2n) is 30.5. The van der Waals surface area contributed by atoms with Crippen LogP contribution in [0.5, 0.6) is 0 Å². The van der Waals surface area contributed by atoms with E-state index in [-0.39, 0.29) is 38.1 Å². The van der Waals surface area contributed by atoms with Gasteiger partial charge < -0.3 is 15.1 Å². The van der Waals surface area contributed by atoms with Crippen LogP contribution in [0.1, 0.15) is 213 Å². The predicted octanol–water partition coefficient (Wildman–Crippen LogP) is 21.1. The molecule has 0 saturated carbocycles. The summed E-state index contributed by atoms with van der Waals surface area (Å²) < 4.78 is 0.